The minimum absolute atomic E-state index is 0.140. The Morgan fingerprint density at radius 1 is 0.935 bits per heavy atom. The minimum atomic E-state index is -3.89. The van der Waals surface area contributed by atoms with E-state index in [0.717, 1.165) is 21.2 Å². The second-order valence-electron chi connectivity index (χ2n) is 7.11. The Bertz CT molecular complexity index is 1100. The lowest BCUT2D eigenvalue weighted by molar-refractivity contribution is -0.119. The van der Waals surface area contributed by atoms with Gasteiger partial charge < -0.3 is 10.1 Å². The number of carbonyl (C=O) groups excluding carboxylic acids is 1. The highest BCUT2D eigenvalue weighted by Gasteiger charge is 2.26. The molecule has 1 N–H and O–H groups in total. The van der Waals surface area contributed by atoms with Crippen LogP contribution in [0.1, 0.15) is 11.1 Å². The molecule has 3 aromatic rings. The van der Waals surface area contributed by atoms with E-state index in [0.29, 0.717) is 18.7 Å². The first-order valence-electron chi connectivity index (χ1n) is 9.94. The van der Waals surface area contributed by atoms with E-state index in [4.69, 9.17) is 4.74 Å². The van der Waals surface area contributed by atoms with Crippen molar-refractivity contribution < 1.29 is 17.9 Å². The Kier molecular flexibility index (Phi) is 7.31. The quantitative estimate of drug-likeness (QED) is 0.554. The number of rotatable bonds is 9. The van der Waals surface area contributed by atoms with Crippen molar-refractivity contribution in [2.75, 3.05) is 24.5 Å². The van der Waals surface area contributed by atoms with Crippen molar-refractivity contribution in [2.45, 2.75) is 18.2 Å². The van der Waals surface area contributed by atoms with Gasteiger partial charge in [0, 0.05) is 6.54 Å². The molecule has 1 amide bonds. The number of carbonyl (C=O) groups is 1. The highest BCUT2D eigenvalue weighted by atomic mass is 32.2. The van der Waals surface area contributed by atoms with Crippen LogP contribution in [0.5, 0.6) is 5.75 Å². The summed E-state index contributed by atoms with van der Waals surface area (Å²) in [5.41, 5.74) is 2.50. The van der Waals surface area contributed by atoms with E-state index in [-0.39, 0.29) is 17.3 Å². The fraction of sp³-hybridized carbons (Fsp3) is 0.208. The molecular weight excluding hydrogens is 412 g/mol. The van der Waals surface area contributed by atoms with Gasteiger partial charge in [-0.05, 0) is 55.3 Å². The van der Waals surface area contributed by atoms with Crippen molar-refractivity contribution >= 4 is 21.6 Å². The maximum atomic E-state index is 13.2. The lowest BCUT2D eigenvalue weighted by atomic mass is 10.1. The van der Waals surface area contributed by atoms with Gasteiger partial charge in [0.25, 0.3) is 10.0 Å². The van der Waals surface area contributed by atoms with Crippen molar-refractivity contribution in [1.29, 1.82) is 0 Å². The second kappa shape index (κ2) is 10.1. The first-order chi connectivity index (χ1) is 14.9. The Balaban J connectivity index is 1.72. The second-order valence-corrected chi connectivity index (χ2v) is 8.97. The zero-order valence-corrected chi connectivity index (χ0v) is 18.4. The summed E-state index contributed by atoms with van der Waals surface area (Å²) in [5, 5.41) is 2.82. The molecule has 3 aromatic carbocycles. The predicted molar refractivity (Wildman–Crippen MR) is 122 cm³/mol. The number of sulfonamides is 1. The monoisotopic (exact) mass is 438 g/mol. The molecule has 0 saturated carbocycles. The van der Waals surface area contributed by atoms with Gasteiger partial charge in [0.2, 0.25) is 5.91 Å². The van der Waals surface area contributed by atoms with Gasteiger partial charge in [-0.2, -0.15) is 0 Å². The van der Waals surface area contributed by atoms with Crippen LogP contribution in [-0.2, 0) is 21.2 Å². The highest BCUT2D eigenvalue weighted by Crippen LogP contribution is 2.23. The van der Waals surface area contributed by atoms with Gasteiger partial charge in [0.1, 0.15) is 12.3 Å². The van der Waals surface area contributed by atoms with Crippen molar-refractivity contribution in [3.8, 4) is 5.75 Å². The van der Waals surface area contributed by atoms with Crippen LogP contribution in [0.25, 0.3) is 0 Å². The fourth-order valence-corrected chi connectivity index (χ4v) is 4.51. The molecule has 0 aliphatic carbocycles. The number of methoxy groups -OCH3 is 1. The van der Waals surface area contributed by atoms with Crippen LogP contribution in [0.3, 0.4) is 0 Å². The SMILES string of the molecule is COc1ccc(CCNC(=O)CN(c2ccc(C)cc2)S(=O)(=O)c2ccccc2)cc1. The zero-order valence-electron chi connectivity index (χ0n) is 17.6. The maximum absolute atomic E-state index is 13.2. The van der Waals surface area contributed by atoms with E-state index in [1.807, 2.05) is 43.3 Å². The minimum Gasteiger partial charge on any atom is -0.497 e. The number of aryl methyl sites for hydroxylation is 1. The molecule has 162 valence electrons. The summed E-state index contributed by atoms with van der Waals surface area (Å²) in [6.07, 6.45) is 0.631. The van der Waals surface area contributed by atoms with E-state index in [1.54, 1.807) is 37.4 Å². The third kappa shape index (κ3) is 5.86. The Labute approximate surface area is 183 Å². The van der Waals surface area contributed by atoms with Crippen molar-refractivity contribution in [3.63, 3.8) is 0 Å². The van der Waals surface area contributed by atoms with Crippen LogP contribution in [0, 0.1) is 6.92 Å². The van der Waals surface area contributed by atoms with Crippen LogP contribution in [-0.4, -0.2) is 34.5 Å². The van der Waals surface area contributed by atoms with Gasteiger partial charge in [0.15, 0.2) is 0 Å². The number of nitrogens with one attached hydrogen (secondary N) is 1. The summed E-state index contributed by atoms with van der Waals surface area (Å²) >= 11 is 0. The number of hydrogen-bond donors (Lipinski definition) is 1. The predicted octanol–water partition coefficient (Wildman–Crippen LogP) is 3.56. The molecule has 0 saturated heterocycles. The third-order valence-electron chi connectivity index (χ3n) is 4.84. The lowest BCUT2D eigenvalue weighted by Gasteiger charge is -2.24. The van der Waals surface area contributed by atoms with Gasteiger partial charge in [-0.25, -0.2) is 8.42 Å². The first-order valence-corrected chi connectivity index (χ1v) is 11.4. The van der Waals surface area contributed by atoms with Gasteiger partial charge >= 0.3 is 0 Å². The lowest BCUT2D eigenvalue weighted by Crippen LogP contribution is -2.41. The van der Waals surface area contributed by atoms with Crippen molar-refractivity contribution in [2.24, 2.45) is 0 Å². The van der Waals surface area contributed by atoms with E-state index in [9.17, 15) is 13.2 Å². The Hall–Kier alpha value is -3.32. The van der Waals surface area contributed by atoms with Crippen molar-refractivity contribution in [3.05, 3.63) is 90.0 Å². The normalized spacial score (nSPS) is 11.0. The van der Waals surface area contributed by atoms with E-state index >= 15 is 0 Å². The highest BCUT2D eigenvalue weighted by molar-refractivity contribution is 7.92. The molecule has 0 aliphatic rings. The molecule has 0 fully saturated rings. The molecule has 0 unspecified atom stereocenters. The largest absolute Gasteiger partial charge is 0.497 e. The van der Waals surface area contributed by atoms with E-state index < -0.39 is 10.0 Å². The van der Waals surface area contributed by atoms with Gasteiger partial charge in [-0.3, -0.25) is 9.10 Å². The average molecular weight is 439 g/mol. The van der Waals surface area contributed by atoms with E-state index in [1.165, 1.54) is 12.1 Å². The zero-order chi connectivity index (χ0) is 22.3. The molecule has 7 heteroatoms. The van der Waals surface area contributed by atoms with Gasteiger partial charge in [-0.1, -0.05) is 48.0 Å². The molecule has 0 radical (unpaired) electrons. The molecule has 3 rings (SSSR count). The molecular formula is C24H26N2O4S. The van der Waals surface area contributed by atoms with Crippen LogP contribution in [0.4, 0.5) is 5.69 Å². The molecule has 0 atom stereocenters. The summed E-state index contributed by atoms with van der Waals surface area (Å²) < 4.78 is 32.8. The number of amides is 1. The molecule has 31 heavy (non-hydrogen) atoms. The van der Waals surface area contributed by atoms with Crippen LogP contribution >= 0.6 is 0 Å². The van der Waals surface area contributed by atoms with Crippen LogP contribution in [0.15, 0.2) is 83.8 Å². The molecule has 0 aliphatic heterocycles. The Morgan fingerprint density at radius 3 is 2.19 bits per heavy atom. The summed E-state index contributed by atoms with van der Waals surface area (Å²) in [5.74, 6) is 0.404. The number of hydrogen-bond acceptors (Lipinski definition) is 4. The molecule has 0 aromatic heterocycles. The third-order valence-corrected chi connectivity index (χ3v) is 6.62. The Morgan fingerprint density at radius 2 is 1.58 bits per heavy atom. The topological polar surface area (TPSA) is 75.7 Å². The van der Waals surface area contributed by atoms with Crippen LogP contribution in [0.2, 0.25) is 0 Å². The molecule has 0 bridgehead atoms. The summed E-state index contributed by atoms with van der Waals surface area (Å²) in [6.45, 7) is 2.02. The average Bonchev–Trinajstić information content (AvgIpc) is 2.79. The van der Waals surface area contributed by atoms with E-state index in [2.05, 4.69) is 5.32 Å². The number of anilines is 1. The molecule has 0 spiro atoms. The smallest absolute Gasteiger partial charge is 0.264 e. The molecule has 6 nitrogen and oxygen atoms in total. The molecule has 0 heterocycles. The summed E-state index contributed by atoms with van der Waals surface area (Å²) in [6, 6.07) is 22.8. The number of benzene rings is 3. The van der Waals surface area contributed by atoms with Gasteiger partial charge in [-0.15, -0.1) is 0 Å². The fourth-order valence-electron chi connectivity index (χ4n) is 3.07. The number of nitrogens with zero attached hydrogens (tertiary/aromatic N) is 1. The van der Waals surface area contributed by atoms with Crippen LogP contribution < -0.4 is 14.4 Å². The standard InChI is InChI=1S/C24H26N2O4S/c1-19-8-12-21(13-9-19)26(31(28,29)23-6-4-3-5-7-23)18-24(27)25-17-16-20-10-14-22(30-2)15-11-20/h3-15H,16-18H2,1-2H3,(H,25,27). The van der Waals surface area contributed by atoms with Crippen molar-refractivity contribution in [1.82, 2.24) is 5.32 Å². The number of ether oxygens (including phenoxy) is 1. The first kappa shape index (κ1) is 22.4. The summed E-state index contributed by atoms with van der Waals surface area (Å²) in [7, 11) is -2.28. The maximum Gasteiger partial charge on any atom is 0.264 e. The summed E-state index contributed by atoms with van der Waals surface area (Å²) in [4.78, 5) is 12.8. The van der Waals surface area contributed by atoms with Gasteiger partial charge in [0.05, 0.1) is 17.7 Å².